The van der Waals surface area contributed by atoms with Crippen molar-refractivity contribution in [1.82, 2.24) is 24.5 Å². The number of methoxy groups -OCH3 is 1. The summed E-state index contributed by atoms with van der Waals surface area (Å²) in [6, 6.07) is 10.0. The highest BCUT2D eigenvalue weighted by atomic mass is 19.4. The number of imidazole rings is 1. The molecule has 11 heteroatoms. The van der Waals surface area contributed by atoms with Crippen LogP contribution >= 0.6 is 0 Å². The Labute approximate surface area is 204 Å². The Bertz CT molecular complexity index is 1430. The number of ether oxygens (including phenoxy) is 1. The molecular formula is C25H23F3N6O2. The van der Waals surface area contributed by atoms with Gasteiger partial charge in [0, 0.05) is 18.0 Å². The van der Waals surface area contributed by atoms with Gasteiger partial charge in [0.2, 0.25) is 0 Å². The first-order valence-electron chi connectivity index (χ1n) is 11.4. The monoisotopic (exact) mass is 496 g/mol. The van der Waals surface area contributed by atoms with E-state index in [9.17, 15) is 18.0 Å². The third kappa shape index (κ3) is 4.43. The standard InChI is InChI=1S/C25H23F3N6O2/c1-15-13-33(14-29-15)20-10-9-18(12-22(20)36-2)30-24(35)23-21-8-4-7-19(34(21)32-31-23)16-5-3-6-17(11-16)25(26,27)28/h3,5-6,9-14,19H,4,7-8H2,1-2H3,(H,30,35). The average Bonchev–Trinajstić information content (AvgIpc) is 3.49. The zero-order valence-electron chi connectivity index (χ0n) is 19.6. The summed E-state index contributed by atoms with van der Waals surface area (Å²) in [7, 11) is 1.54. The van der Waals surface area contributed by atoms with Crippen molar-refractivity contribution < 1.29 is 22.7 Å². The smallest absolute Gasteiger partial charge is 0.416 e. The van der Waals surface area contributed by atoms with Crippen LogP contribution in [0, 0.1) is 6.92 Å². The lowest BCUT2D eigenvalue weighted by molar-refractivity contribution is -0.137. The number of carbonyl (C=O) groups excluding carboxylic acids is 1. The molecule has 1 aliphatic heterocycles. The number of amides is 1. The van der Waals surface area contributed by atoms with Gasteiger partial charge >= 0.3 is 6.18 Å². The first kappa shape index (κ1) is 23.6. The van der Waals surface area contributed by atoms with E-state index in [4.69, 9.17) is 4.74 Å². The maximum absolute atomic E-state index is 13.2. The van der Waals surface area contributed by atoms with E-state index in [0.29, 0.717) is 42.0 Å². The van der Waals surface area contributed by atoms with E-state index in [1.165, 1.54) is 13.2 Å². The zero-order chi connectivity index (χ0) is 25.4. The van der Waals surface area contributed by atoms with Crippen molar-refractivity contribution in [2.45, 2.75) is 38.4 Å². The maximum Gasteiger partial charge on any atom is 0.416 e. The van der Waals surface area contributed by atoms with Gasteiger partial charge in [0.1, 0.15) is 5.75 Å². The van der Waals surface area contributed by atoms with Gasteiger partial charge in [-0.2, -0.15) is 13.2 Å². The summed E-state index contributed by atoms with van der Waals surface area (Å²) >= 11 is 0. The van der Waals surface area contributed by atoms with Crippen molar-refractivity contribution in [1.29, 1.82) is 0 Å². The topological polar surface area (TPSA) is 86.9 Å². The van der Waals surface area contributed by atoms with E-state index in [1.807, 2.05) is 17.7 Å². The number of carbonyl (C=O) groups is 1. The number of halogens is 3. The van der Waals surface area contributed by atoms with Gasteiger partial charge in [0.15, 0.2) is 5.69 Å². The first-order chi connectivity index (χ1) is 17.2. The second-order valence-electron chi connectivity index (χ2n) is 8.62. The number of benzene rings is 2. The number of rotatable bonds is 5. The Balaban J connectivity index is 1.40. The molecule has 0 fully saturated rings. The zero-order valence-corrected chi connectivity index (χ0v) is 19.6. The molecule has 8 nitrogen and oxygen atoms in total. The van der Waals surface area contributed by atoms with Crippen molar-refractivity contribution in [3.63, 3.8) is 0 Å². The number of fused-ring (bicyclic) bond motifs is 1. The summed E-state index contributed by atoms with van der Waals surface area (Å²) in [4.78, 5) is 17.3. The molecule has 1 atom stereocenters. The van der Waals surface area contributed by atoms with E-state index < -0.39 is 23.7 Å². The van der Waals surface area contributed by atoms with Gasteiger partial charge in [0.25, 0.3) is 5.91 Å². The molecule has 5 rings (SSSR count). The molecule has 0 saturated heterocycles. The van der Waals surface area contributed by atoms with Gasteiger partial charge in [-0.3, -0.25) is 4.79 Å². The minimum absolute atomic E-state index is 0.153. The van der Waals surface area contributed by atoms with Crippen LogP contribution in [0.5, 0.6) is 5.75 Å². The van der Waals surface area contributed by atoms with Crippen LogP contribution < -0.4 is 10.1 Å². The molecule has 1 aliphatic rings. The summed E-state index contributed by atoms with van der Waals surface area (Å²) in [5.74, 6) is 0.0917. The van der Waals surface area contributed by atoms with Crippen molar-refractivity contribution in [2.75, 3.05) is 12.4 Å². The van der Waals surface area contributed by atoms with Gasteiger partial charge < -0.3 is 14.6 Å². The lowest BCUT2D eigenvalue weighted by atomic mass is 9.94. The molecule has 1 N–H and O–H groups in total. The lowest BCUT2D eigenvalue weighted by Gasteiger charge is -2.25. The highest BCUT2D eigenvalue weighted by Gasteiger charge is 2.33. The number of anilines is 1. The highest BCUT2D eigenvalue weighted by Crippen LogP contribution is 2.35. The fourth-order valence-electron chi connectivity index (χ4n) is 4.50. The Morgan fingerprint density at radius 2 is 2.03 bits per heavy atom. The molecular weight excluding hydrogens is 473 g/mol. The number of hydrogen-bond acceptors (Lipinski definition) is 5. The van der Waals surface area contributed by atoms with Crippen molar-refractivity contribution in [3.05, 3.63) is 83.2 Å². The van der Waals surface area contributed by atoms with E-state index in [1.54, 1.807) is 35.3 Å². The average molecular weight is 496 g/mol. The largest absolute Gasteiger partial charge is 0.494 e. The quantitative estimate of drug-likeness (QED) is 0.421. The summed E-state index contributed by atoms with van der Waals surface area (Å²) in [5.41, 5.74) is 2.64. The van der Waals surface area contributed by atoms with Crippen LogP contribution in [0.1, 0.15) is 51.9 Å². The molecule has 36 heavy (non-hydrogen) atoms. The third-order valence-electron chi connectivity index (χ3n) is 6.22. The molecule has 1 amide bonds. The fourth-order valence-corrected chi connectivity index (χ4v) is 4.50. The molecule has 186 valence electrons. The molecule has 0 radical (unpaired) electrons. The van der Waals surface area contributed by atoms with Crippen LogP contribution in [-0.4, -0.2) is 37.6 Å². The number of nitrogens with zero attached hydrogens (tertiary/aromatic N) is 5. The second-order valence-corrected chi connectivity index (χ2v) is 8.62. The summed E-state index contributed by atoms with van der Waals surface area (Å²) in [6.45, 7) is 1.88. The van der Waals surface area contributed by atoms with E-state index >= 15 is 0 Å². The molecule has 0 bridgehead atoms. The molecule has 2 aromatic heterocycles. The van der Waals surface area contributed by atoms with Crippen LogP contribution in [0.25, 0.3) is 5.69 Å². The third-order valence-corrected chi connectivity index (χ3v) is 6.22. The number of aromatic nitrogens is 5. The van der Waals surface area contributed by atoms with E-state index in [2.05, 4.69) is 20.6 Å². The van der Waals surface area contributed by atoms with Crippen LogP contribution in [-0.2, 0) is 12.6 Å². The van der Waals surface area contributed by atoms with E-state index in [-0.39, 0.29) is 5.69 Å². The van der Waals surface area contributed by atoms with Crippen LogP contribution in [0.4, 0.5) is 18.9 Å². The second kappa shape index (κ2) is 9.14. The van der Waals surface area contributed by atoms with Gasteiger partial charge in [0.05, 0.1) is 42.1 Å². The first-order valence-corrected chi connectivity index (χ1v) is 11.4. The number of hydrogen-bond donors (Lipinski definition) is 1. The van der Waals surface area contributed by atoms with Gasteiger partial charge in [-0.1, -0.05) is 17.3 Å². The number of nitrogens with one attached hydrogen (secondary N) is 1. The molecule has 4 aromatic rings. The fraction of sp³-hybridized carbons (Fsp3) is 0.280. The molecule has 0 spiro atoms. The van der Waals surface area contributed by atoms with Gasteiger partial charge in [-0.25, -0.2) is 9.67 Å². The number of aryl methyl sites for hydroxylation is 1. The highest BCUT2D eigenvalue weighted by molar-refractivity contribution is 6.03. The van der Waals surface area contributed by atoms with Crippen molar-refractivity contribution >= 4 is 11.6 Å². The number of alkyl halides is 3. The molecule has 0 aliphatic carbocycles. The summed E-state index contributed by atoms with van der Waals surface area (Å²) in [6.07, 6.45) is 0.948. The minimum atomic E-state index is -4.44. The molecule has 1 unspecified atom stereocenters. The minimum Gasteiger partial charge on any atom is -0.494 e. The van der Waals surface area contributed by atoms with Gasteiger partial charge in [-0.15, -0.1) is 5.10 Å². The molecule has 3 heterocycles. The van der Waals surface area contributed by atoms with Crippen molar-refractivity contribution in [3.8, 4) is 11.4 Å². The van der Waals surface area contributed by atoms with Crippen LogP contribution in [0.2, 0.25) is 0 Å². The Kier molecular flexibility index (Phi) is 5.99. The Morgan fingerprint density at radius 1 is 1.19 bits per heavy atom. The summed E-state index contributed by atoms with van der Waals surface area (Å²) in [5, 5.41) is 11.1. The summed E-state index contributed by atoms with van der Waals surface area (Å²) < 4.78 is 48.6. The Morgan fingerprint density at radius 3 is 2.75 bits per heavy atom. The van der Waals surface area contributed by atoms with Crippen LogP contribution in [0.15, 0.2) is 55.0 Å². The SMILES string of the molecule is COc1cc(NC(=O)c2nnn3c2CCCC3c2cccc(C(F)(F)F)c2)ccc1-n1cnc(C)c1. The van der Waals surface area contributed by atoms with E-state index in [0.717, 1.165) is 23.5 Å². The van der Waals surface area contributed by atoms with Crippen molar-refractivity contribution in [2.24, 2.45) is 0 Å². The van der Waals surface area contributed by atoms with Gasteiger partial charge in [-0.05, 0) is 56.0 Å². The predicted octanol–water partition coefficient (Wildman–Crippen LogP) is 4.98. The predicted molar refractivity (Wildman–Crippen MR) is 125 cm³/mol. The molecule has 2 aromatic carbocycles. The maximum atomic E-state index is 13.2. The molecule has 0 saturated carbocycles. The Hall–Kier alpha value is -4.15. The lowest BCUT2D eigenvalue weighted by Crippen LogP contribution is -2.22. The van der Waals surface area contributed by atoms with Crippen LogP contribution in [0.3, 0.4) is 0 Å². The normalized spacial score (nSPS) is 15.4.